The van der Waals surface area contributed by atoms with Gasteiger partial charge in [-0.15, -0.1) is 0 Å². The van der Waals surface area contributed by atoms with Gasteiger partial charge in [-0.2, -0.15) is 5.26 Å². The van der Waals surface area contributed by atoms with Gasteiger partial charge in [0.15, 0.2) is 0 Å². The van der Waals surface area contributed by atoms with E-state index in [0.717, 1.165) is 22.3 Å². The Kier molecular flexibility index (Phi) is 6.97. The molecular formula is C27H27N3O5. The average molecular weight is 474 g/mol. The summed E-state index contributed by atoms with van der Waals surface area (Å²) in [6.07, 6.45) is 1.48. The number of allylic oxidation sites excluding steroid dienone is 1. The topological polar surface area (TPSA) is 107 Å². The van der Waals surface area contributed by atoms with Crippen LogP contribution in [0.2, 0.25) is 0 Å². The number of hydrogen-bond acceptors (Lipinski definition) is 7. The van der Waals surface area contributed by atoms with Crippen molar-refractivity contribution in [3.63, 3.8) is 0 Å². The molecule has 0 aromatic heterocycles. The lowest BCUT2D eigenvalue weighted by Gasteiger charge is -2.37. The quantitative estimate of drug-likeness (QED) is 0.689. The SMILES string of the molecule is CCOC(=O)N1CC2=C(OC(N)=C(C#N)C2c2cccc(OC)c2)/C(=C/c2cccc(OC)c2)C1. The van der Waals surface area contributed by atoms with Crippen LogP contribution < -0.4 is 15.2 Å². The summed E-state index contributed by atoms with van der Waals surface area (Å²) in [5, 5.41) is 9.97. The van der Waals surface area contributed by atoms with E-state index < -0.39 is 12.0 Å². The molecule has 0 aliphatic carbocycles. The van der Waals surface area contributed by atoms with E-state index in [1.807, 2.05) is 54.6 Å². The highest BCUT2D eigenvalue weighted by Crippen LogP contribution is 2.44. The molecule has 1 unspecified atom stereocenters. The Hall–Kier alpha value is -4.38. The van der Waals surface area contributed by atoms with E-state index in [-0.39, 0.29) is 31.2 Å². The highest BCUT2D eigenvalue weighted by Gasteiger charge is 2.39. The maximum atomic E-state index is 12.8. The summed E-state index contributed by atoms with van der Waals surface area (Å²) in [5.74, 6) is 1.44. The summed E-state index contributed by atoms with van der Waals surface area (Å²) in [6.45, 7) is 2.50. The molecule has 0 fully saturated rings. The summed E-state index contributed by atoms with van der Waals surface area (Å²) in [7, 11) is 3.19. The Morgan fingerprint density at radius 2 is 1.89 bits per heavy atom. The van der Waals surface area contributed by atoms with Crippen LogP contribution in [0.4, 0.5) is 4.79 Å². The van der Waals surface area contributed by atoms with Crippen LogP contribution in [-0.2, 0) is 9.47 Å². The normalized spacial score (nSPS) is 18.5. The molecule has 2 heterocycles. The van der Waals surface area contributed by atoms with Gasteiger partial charge in [-0.25, -0.2) is 4.79 Å². The summed E-state index contributed by atoms with van der Waals surface area (Å²) in [5.41, 5.74) is 9.70. The number of amides is 1. The van der Waals surface area contributed by atoms with Crippen LogP contribution in [0.25, 0.3) is 6.08 Å². The Balaban J connectivity index is 1.89. The number of hydrogen-bond donors (Lipinski definition) is 1. The molecule has 1 atom stereocenters. The highest BCUT2D eigenvalue weighted by molar-refractivity contribution is 5.72. The smallest absolute Gasteiger partial charge is 0.410 e. The molecule has 8 heteroatoms. The van der Waals surface area contributed by atoms with Crippen LogP contribution >= 0.6 is 0 Å². The molecule has 2 aliphatic rings. The predicted octanol–water partition coefficient (Wildman–Crippen LogP) is 4.32. The van der Waals surface area contributed by atoms with Crippen LogP contribution in [-0.4, -0.2) is 44.9 Å². The van der Waals surface area contributed by atoms with Gasteiger partial charge < -0.3 is 24.7 Å². The van der Waals surface area contributed by atoms with Crippen molar-refractivity contribution in [3.8, 4) is 17.6 Å². The Morgan fingerprint density at radius 1 is 1.17 bits per heavy atom. The minimum atomic E-state index is -0.509. The number of rotatable bonds is 5. The first-order valence-electron chi connectivity index (χ1n) is 11.2. The van der Waals surface area contributed by atoms with E-state index in [1.165, 1.54) is 0 Å². The minimum absolute atomic E-state index is 0.0418. The molecule has 2 aliphatic heterocycles. The van der Waals surface area contributed by atoms with E-state index in [2.05, 4.69) is 6.07 Å². The lowest BCUT2D eigenvalue weighted by molar-refractivity contribution is 0.109. The number of ether oxygens (including phenoxy) is 4. The van der Waals surface area contributed by atoms with Crippen molar-refractivity contribution in [2.75, 3.05) is 33.9 Å². The first kappa shape index (κ1) is 23.8. The number of carbonyl (C=O) groups is 1. The van der Waals surface area contributed by atoms with E-state index in [9.17, 15) is 10.1 Å². The summed E-state index contributed by atoms with van der Waals surface area (Å²) < 4.78 is 22.1. The zero-order valence-electron chi connectivity index (χ0n) is 19.9. The third-order valence-corrected chi connectivity index (χ3v) is 5.93. The molecule has 2 aromatic carbocycles. The number of carbonyl (C=O) groups excluding carboxylic acids is 1. The van der Waals surface area contributed by atoms with Crippen molar-refractivity contribution in [3.05, 3.63) is 88.0 Å². The number of benzene rings is 2. The van der Waals surface area contributed by atoms with Crippen LogP contribution in [0.3, 0.4) is 0 Å². The molecular weight excluding hydrogens is 446 g/mol. The molecule has 35 heavy (non-hydrogen) atoms. The molecule has 180 valence electrons. The average Bonchev–Trinajstić information content (AvgIpc) is 2.88. The minimum Gasteiger partial charge on any atom is -0.497 e. The van der Waals surface area contributed by atoms with Crippen molar-refractivity contribution in [1.82, 2.24) is 4.90 Å². The van der Waals surface area contributed by atoms with Gasteiger partial charge in [0.2, 0.25) is 5.88 Å². The second-order valence-electron chi connectivity index (χ2n) is 8.06. The largest absolute Gasteiger partial charge is 0.497 e. The van der Waals surface area contributed by atoms with Crippen LogP contribution in [0.5, 0.6) is 11.5 Å². The number of nitriles is 1. The Labute approximate surface area is 204 Å². The standard InChI is InChI=1S/C27H27N3O5/c1-4-34-27(31)30-15-19(11-17-7-5-9-20(12-17)32-2)25-23(16-30)24(22(14-28)26(29)35-25)18-8-6-10-21(13-18)33-3/h5-13,24H,4,15-16,29H2,1-3H3/b19-11+. The molecule has 2 aromatic rings. The fourth-order valence-corrected chi connectivity index (χ4v) is 4.35. The monoisotopic (exact) mass is 473 g/mol. The van der Waals surface area contributed by atoms with Crippen molar-refractivity contribution >= 4 is 12.2 Å². The fourth-order valence-electron chi connectivity index (χ4n) is 4.35. The van der Waals surface area contributed by atoms with Gasteiger partial charge in [0.05, 0.1) is 39.8 Å². The van der Waals surface area contributed by atoms with E-state index in [0.29, 0.717) is 17.3 Å². The Bertz CT molecular complexity index is 1270. The molecule has 0 bridgehead atoms. The highest BCUT2D eigenvalue weighted by atomic mass is 16.6. The molecule has 2 N–H and O–H groups in total. The van der Waals surface area contributed by atoms with Crippen LogP contribution in [0.15, 0.2) is 76.9 Å². The predicted molar refractivity (Wildman–Crippen MR) is 130 cm³/mol. The van der Waals surface area contributed by atoms with Gasteiger partial charge in [-0.1, -0.05) is 24.3 Å². The number of nitrogens with two attached hydrogens (primary N) is 1. The van der Waals surface area contributed by atoms with Crippen molar-refractivity contribution < 1.29 is 23.7 Å². The summed E-state index contributed by atoms with van der Waals surface area (Å²) in [4.78, 5) is 14.4. The van der Waals surface area contributed by atoms with Crippen molar-refractivity contribution in [1.29, 1.82) is 5.26 Å². The first-order valence-corrected chi connectivity index (χ1v) is 11.2. The van der Waals surface area contributed by atoms with E-state index in [4.69, 9.17) is 24.7 Å². The fraction of sp³-hybridized carbons (Fsp3) is 0.259. The van der Waals surface area contributed by atoms with Crippen molar-refractivity contribution in [2.45, 2.75) is 12.8 Å². The maximum Gasteiger partial charge on any atom is 0.410 e. The van der Waals surface area contributed by atoms with Gasteiger partial charge in [-0.05, 0) is 48.4 Å². The third kappa shape index (κ3) is 4.80. The van der Waals surface area contributed by atoms with Crippen LogP contribution in [0.1, 0.15) is 24.0 Å². The second kappa shape index (κ2) is 10.3. The van der Waals surface area contributed by atoms with Gasteiger partial charge in [0, 0.05) is 11.1 Å². The number of nitrogens with zero attached hydrogens (tertiary/aromatic N) is 2. The first-order chi connectivity index (χ1) is 17.0. The summed E-state index contributed by atoms with van der Waals surface area (Å²) in [6, 6.07) is 17.2. The third-order valence-electron chi connectivity index (χ3n) is 5.93. The van der Waals surface area contributed by atoms with Gasteiger partial charge in [0.25, 0.3) is 0 Å². The lowest BCUT2D eigenvalue weighted by Crippen LogP contribution is -2.41. The van der Waals surface area contributed by atoms with Gasteiger partial charge in [-0.3, -0.25) is 4.90 Å². The summed E-state index contributed by atoms with van der Waals surface area (Å²) >= 11 is 0. The Morgan fingerprint density at radius 3 is 2.57 bits per heavy atom. The molecule has 8 nitrogen and oxygen atoms in total. The van der Waals surface area contributed by atoms with Gasteiger partial charge in [0.1, 0.15) is 28.9 Å². The lowest BCUT2D eigenvalue weighted by atomic mass is 9.80. The van der Waals surface area contributed by atoms with Crippen LogP contribution in [0, 0.1) is 11.3 Å². The van der Waals surface area contributed by atoms with Crippen molar-refractivity contribution in [2.24, 2.45) is 5.73 Å². The molecule has 0 spiro atoms. The zero-order chi connectivity index (χ0) is 24.9. The van der Waals surface area contributed by atoms with Gasteiger partial charge >= 0.3 is 6.09 Å². The molecule has 0 saturated carbocycles. The molecule has 0 saturated heterocycles. The maximum absolute atomic E-state index is 12.8. The zero-order valence-corrected chi connectivity index (χ0v) is 19.9. The second-order valence-corrected chi connectivity index (χ2v) is 8.06. The molecule has 1 amide bonds. The van der Waals surface area contributed by atoms with E-state index >= 15 is 0 Å². The molecule has 0 radical (unpaired) electrons. The molecule has 4 rings (SSSR count). The van der Waals surface area contributed by atoms with E-state index in [1.54, 1.807) is 26.0 Å². The number of methoxy groups -OCH3 is 2.